The monoisotopic (exact) mass is 263 g/mol. The van der Waals surface area contributed by atoms with Crippen molar-refractivity contribution in [2.45, 2.75) is 20.3 Å². The van der Waals surface area contributed by atoms with Crippen LogP contribution >= 0.6 is 0 Å². The molecule has 104 valence electrons. The lowest BCUT2D eigenvalue weighted by atomic mass is 9.97. The average molecular weight is 263 g/mol. The van der Waals surface area contributed by atoms with Crippen LogP contribution in [0, 0.1) is 12.8 Å². The molecule has 1 aliphatic heterocycles. The zero-order valence-corrected chi connectivity index (χ0v) is 11.6. The van der Waals surface area contributed by atoms with E-state index < -0.39 is 5.97 Å². The minimum Gasteiger partial charge on any atom is -0.481 e. The fourth-order valence-corrected chi connectivity index (χ4v) is 2.41. The number of morpholine rings is 1. The minimum absolute atomic E-state index is 0.360. The van der Waals surface area contributed by atoms with Crippen LogP contribution in [-0.2, 0) is 16.0 Å². The van der Waals surface area contributed by atoms with Crippen molar-refractivity contribution >= 4 is 11.7 Å². The van der Waals surface area contributed by atoms with Gasteiger partial charge in [0, 0.05) is 18.8 Å². The number of carboxylic acid groups (broad SMARTS) is 1. The van der Waals surface area contributed by atoms with E-state index in [4.69, 9.17) is 9.84 Å². The molecule has 1 N–H and O–H groups in total. The predicted octanol–water partition coefficient (Wildman–Crippen LogP) is 2.09. The van der Waals surface area contributed by atoms with Crippen LogP contribution in [0.25, 0.3) is 0 Å². The predicted molar refractivity (Wildman–Crippen MR) is 74.7 cm³/mol. The zero-order valence-electron chi connectivity index (χ0n) is 11.6. The van der Waals surface area contributed by atoms with Crippen molar-refractivity contribution in [3.05, 3.63) is 29.3 Å². The number of aryl methyl sites for hydroxylation is 1. The lowest BCUT2D eigenvalue weighted by Crippen LogP contribution is -2.37. The summed E-state index contributed by atoms with van der Waals surface area (Å²) in [6.07, 6.45) is 0.573. The molecule has 1 fully saturated rings. The smallest absolute Gasteiger partial charge is 0.306 e. The summed E-state index contributed by atoms with van der Waals surface area (Å²) in [6.45, 7) is 7.02. The van der Waals surface area contributed by atoms with Crippen LogP contribution in [0.3, 0.4) is 0 Å². The van der Waals surface area contributed by atoms with Crippen molar-refractivity contribution in [2.24, 2.45) is 5.92 Å². The molecule has 1 aromatic rings. The highest BCUT2D eigenvalue weighted by Gasteiger charge is 2.18. The van der Waals surface area contributed by atoms with Crippen molar-refractivity contribution in [1.82, 2.24) is 0 Å². The van der Waals surface area contributed by atoms with Gasteiger partial charge < -0.3 is 14.7 Å². The number of hydrogen-bond acceptors (Lipinski definition) is 3. The molecule has 2 rings (SSSR count). The van der Waals surface area contributed by atoms with E-state index in [1.54, 1.807) is 6.92 Å². The Labute approximate surface area is 114 Å². The van der Waals surface area contributed by atoms with E-state index in [1.807, 2.05) is 6.92 Å². The highest BCUT2D eigenvalue weighted by molar-refractivity contribution is 5.70. The topological polar surface area (TPSA) is 49.8 Å². The van der Waals surface area contributed by atoms with Crippen molar-refractivity contribution in [1.29, 1.82) is 0 Å². The first-order chi connectivity index (χ1) is 9.08. The van der Waals surface area contributed by atoms with Gasteiger partial charge in [0.15, 0.2) is 0 Å². The summed E-state index contributed by atoms with van der Waals surface area (Å²) in [5.41, 5.74) is 3.45. The third kappa shape index (κ3) is 3.47. The molecule has 0 aliphatic carbocycles. The number of nitrogens with zero attached hydrogens (tertiary/aromatic N) is 1. The third-order valence-corrected chi connectivity index (χ3v) is 3.53. The van der Waals surface area contributed by atoms with Crippen LogP contribution in [0.15, 0.2) is 18.2 Å². The van der Waals surface area contributed by atoms with Crippen LogP contribution in [-0.4, -0.2) is 37.4 Å². The maximum Gasteiger partial charge on any atom is 0.306 e. The van der Waals surface area contributed by atoms with Crippen molar-refractivity contribution < 1.29 is 14.6 Å². The van der Waals surface area contributed by atoms with Gasteiger partial charge in [-0.2, -0.15) is 0 Å². The molecule has 1 saturated heterocycles. The molecule has 1 atom stereocenters. The number of hydrogen-bond donors (Lipinski definition) is 1. The third-order valence-electron chi connectivity index (χ3n) is 3.53. The van der Waals surface area contributed by atoms with Crippen molar-refractivity contribution in [3.63, 3.8) is 0 Å². The van der Waals surface area contributed by atoms with Crippen LogP contribution in [0.1, 0.15) is 18.1 Å². The number of aliphatic carboxylic acids is 1. The van der Waals surface area contributed by atoms with Gasteiger partial charge in [0.05, 0.1) is 19.1 Å². The molecule has 0 radical (unpaired) electrons. The van der Waals surface area contributed by atoms with Crippen LogP contribution < -0.4 is 4.90 Å². The minimum atomic E-state index is -0.741. The van der Waals surface area contributed by atoms with E-state index in [0.717, 1.165) is 37.6 Å². The summed E-state index contributed by atoms with van der Waals surface area (Å²) in [6, 6.07) is 6.29. The Hall–Kier alpha value is -1.55. The molecule has 4 nitrogen and oxygen atoms in total. The van der Waals surface area contributed by atoms with Crippen LogP contribution in [0.5, 0.6) is 0 Å². The Morgan fingerprint density at radius 1 is 1.42 bits per heavy atom. The Balaban J connectivity index is 2.24. The standard InChI is InChI=1S/C15H21NO3/c1-11-3-4-14(16-5-7-19-8-6-16)13(9-11)10-12(2)15(17)18/h3-4,9,12H,5-8,10H2,1-2H3,(H,17,18). The van der Waals surface area contributed by atoms with E-state index in [9.17, 15) is 4.79 Å². The summed E-state index contributed by atoms with van der Waals surface area (Å²) >= 11 is 0. The van der Waals surface area contributed by atoms with E-state index in [2.05, 4.69) is 23.1 Å². The number of carboxylic acids is 1. The molecule has 1 aliphatic rings. The Morgan fingerprint density at radius 3 is 2.74 bits per heavy atom. The molecule has 4 heteroatoms. The van der Waals surface area contributed by atoms with Gasteiger partial charge in [-0.3, -0.25) is 4.79 Å². The quantitative estimate of drug-likeness (QED) is 0.903. The molecule has 0 bridgehead atoms. The van der Waals surface area contributed by atoms with E-state index in [1.165, 1.54) is 5.56 Å². The fraction of sp³-hybridized carbons (Fsp3) is 0.533. The number of carbonyl (C=O) groups is 1. The van der Waals surface area contributed by atoms with Crippen LogP contribution in [0.4, 0.5) is 5.69 Å². The lowest BCUT2D eigenvalue weighted by Gasteiger charge is -2.31. The molecule has 19 heavy (non-hydrogen) atoms. The molecule has 1 aromatic carbocycles. The number of anilines is 1. The maximum atomic E-state index is 11.0. The molecule has 0 amide bonds. The highest BCUT2D eigenvalue weighted by Crippen LogP contribution is 2.25. The van der Waals surface area contributed by atoms with Gasteiger partial charge in [0.2, 0.25) is 0 Å². The molecule has 0 aromatic heterocycles. The average Bonchev–Trinajstić information content (AvgIpc) is 2.39. The van der Waals surface area contributed by atoms with E-state index in [-0.39, 0.29) is 5.92 Å². The second-order valence-electron chi connectivity index (χ2n) is 5.17. The second-order valence-corrected chi connectivity index (χ2v) is 5.17. The highest BCUT2D eigenvalue weighted by atomic mass is 16.5. The van der Waals surface area contributed by atoms with Gasteiger partial charge in [-0.25, -0.2) is 0 Å². The van der Waals surface area contributed by atoms with E-state index >= 15 is 0 Å². The summed E-state index contributed by atoms with van der Waals surface area (Å²) < 4.78 is 5.37. The van der Waals surface area contributed by atoms with Gasteiger partial charge >= 0.3 is 5.97 Å². The van der Waals surface area contributed by atoms with Crippen molar-refractivity contribution in [2.75, 3.05) is 31.2 Å². The Kier molecular flexibility index (Phi) is 4.43. The van der Waals surface area contributed by atoms with Crippen molar-refractivity contribution in [3.8, 4) is 0 Å². The van der Waals surface area contributed by atoms with Gasteiger partial charge in [-0.05, 0) is 25.0 Å². The first kappa shape index (κ1) is 13.9. The number of rotatable bonds is 4. The van der Waals surface area contributed by atoms with Gasteiger partial charge in [0.1, 0.15) is 0 Å². The van der Waals surface area contributed by atoms with Gasteiger partial charge in [0.25, 0.3) is 0 Å². The summed E-state index contributed by atoms with van der Waals surface area (Å²) in [5, 5.41) is 9.08. The first-order valence-corrected chi connectivity index (χ1v) is 6.73. The molecule has 1 heterocycles. The largest absolute Gasteiger partial charge is 0.481 e. The SMILES string of the molecule is Cc1ccc(N2CCOCC2)c(CC(C)C(=O)O)c1. The van der Waals surface area contributed by atoms with Gasteiger partial charge in [-0.1, -0.05) is 24.6 Å². The summed E-state index contributed by atoms with van der Waals surface area (Å²) in [4.78, 5) is 13.3. The maximum absolute atomic E-state index is 11.0. The molecular formula is C15H21NO3. The number of benzene rings is 1. The molecule has 1 unspecified atom stereocenters. The fourth-order valence-electron chi connectivity index (χ4n) is 2.41. The van der Waals surface area contributed by atoms with E-state index in [0.29, 0.717) is 6.42 Å². The zero-order chi connectivity index (χ0) is 13.8. The summed E-state index contributed by atoms with van der Waals surface area (Å²) in [7, 11) is 0. The van der Waals surface area contributed by atoms with Crippen LogP contribution in [0.2, 0.25) is 0 Å². The molecular weight excluding hydrogens is 242 g/mol. The Bertz CT molecular complexity index is 453. The molecule has 0 saturated carbocycles. The second kappa shape index (κ2) is 6.06. The normalized spacial score (nSPS) is 17.3. The number of ether oxygens (including phenoxy) is 1. The Morgan fingerprint density at radius 2 is 2.11 bits per heavy atom. The van der Waals surface area contributed by atoms with Gasteiger partial charge in [-0.15, -0.1) is 0 Å². The lowest BCUT2D eigenvalue weighted by molar-refractivity contribution is -0.141. The molecule has 0 spiro atoms. The summed E-state index contributed by atoms with van der Waals surface area (Å²) in [5.74, 6) is -1.10. The first-order valence-electron chi connectivity index (χ1n) is 6.73.